The van der Waals surface area contributed by atoms with Crippen molar-refractivity contribution >= 4 is 29.8 Å². The fourth-order valence-electron chi connectivity index (χ4n) is 7.80. The van der Waals surface area contributed by atoms with E-state index in [1.54, 1.807) is 45.9 Å². The molecule has 0 radical (unpaired) electrons. The Kier molecular flexibility index (Phi) is 14.1. The van der Waals surface area contributed by atoms with E-state index in [9.17, 15) is 24.0 Å². The standard InChI is InChI=1S/C44H56N4O8/c1-6-55-40(51)36(21-14-15-27-45-42(53)56-43(2,3)4)47-41(52)44(30-16-8-7-9-17-30)26-23-33(32-18-10-12-20-35(32)44)39(50)48-28-24-31(25-29-48)46-38(49)34-19-11-13-22-37(34)54-5/h7-13,16-20,22,31,33,36H,6,14-15,21,23-29H2,1-5H3,(H,45,53)(H,46,49)(H,47,52)/t33-,36+,44+/m0/s1. The molecule has 0 unspecified atom stereocenters. The van der Waals surface area contributed by atoms with Crippen LogP contribution in [0.25, 0.3) is 0 Å². The highest BCUT2D eigenvalue weighted by molar-refractivity contribution is 5.98. The molecule has 1 aliphatic carbocycles. The highest BCUT2D eigenvalue weighted by atomic mass is 16.6. The third-order valence-corrected chi connectivity index (χ3v) is 10.5. The summed E-state index contributed by atoms with van der Waals surface area (Å²) in [6.45, 7) is 8.61. The lowest BCUT2D eigenvalue weighted by Gasteiger charge is -2.43. The number of rotatable bonds is 14. The molecule has 3 aromatic rings. The molecule has 1 aliphatic heterocycles. The van der Waals surface area contributed by atoms with Crippen molar-refractivity contribution in [3.8, 4) is 5.75 Å². The van der Waals surface area contributed by atoms with Crippen LogP contribution in [0.5, 0.6) is 5.75 Å². The Hall–Kier alpha value is -5.39. The Morgan fingerprint density at radius 1 is 0.875 bits per heavy atom. The molecule has 300 valence electrons. The predicted molar refractivity (Wildman–Crippen MR) is 212 cm³/mol. The minimum absolute atomic E-state index is 0.00147. The summed E-state index contributed by atoms with van der Waals surface area (Å²) in [6.07, 6.45) is 2.89. The van der Waals surface area contributed by atoms with Crippen LogP contribution in [0.2, 0.25) is 0 Å². The number of hydrogen-bond acceptors (Lipinski definition) is 8. The fraction of sp³-hybridized carbons (Fsp3) is 0.477. The first-order valence-corrected chi connectivity index (χ1v) is 19.7. The van der Waals surface area contributed by atoms with Crippen LogP contribution in [0.3, 0.4) is 0 Å². The van der Waals surface area contributed by atoms with Gasteiger partial charge in [-0.2, -0.15) is 0 Å². The molecule has 12 nitrogen and oxygen atoms in total. The van der Waals surface area contributed by atoms with E-state index in [1.165, 1.54) is 7.11 Å². The van der Waals surface area contributed by atoms with Gasteiger partial charge in [0.05, 0.1) is 30.6 Å². The van der Waals surface area contributed by atoms with E-state index in [-0.39, 0.29) is 30.4 Å². The number of ether oxygens (including phenoxy) is 3. The number of esters is 1. The van der Waals surface area contributed by atoms with E-state index >= 15 is 0 Å². The molecule has 1 saturated heterocycles. The summed E-state index contributed by atoms with van der Waals surface area (Å²) >= 11 is 0. The summed E-state index contributed by atoms with van der Waals surface area (Å²) in [4.78, 5) is 69.4. The first-order valence-electron chi connectivity index (χ1n) is 19.7. The summed E-state index contributed by atoms with van der Waals surface area (Å²) in [5, 5.41) is 8.92. The molecular formula is C44H56N4O8. The van der Waals surface area contributed by atoms with Gasteiger partial charge in [0.15, 0.2) is 0 Å². The number of alkyl carbamates (subject to hydrolysis) is 1. The van der Waals surface area contributed by atoms with Crippen molar-refractivity contribution in [3.05, 3.63) is 101 Å². The molecule has 0 aromatic heterocycles. The van der Waals surface area contributed by atoms with Gasteiger partial charge in [0.1, 0.15) is 17.4 Å². The average Bonchev–Trinajstić information content (AvgIpc) is 3.19. The van der Waals surface area contributed by atoms with Crippen LogP contribution in [-0.2, 0) is 29.3 Å². The van der Waals surface area contributed by atoms with Crippen molar-refractivity contribution < 1.29 is 38.2 Å². The van der Waals surface area contributed by atoms with Crippen molar-refractivity contribution in [1.29, 1.82) is 0 Å². The number of piperidine rings is 1. The maximum Gasteiger partial charge on any atom is 0.407 e. The molecule has 0 bridgehead atoms. The normalized spacial score (nSPS) is 18.8. The number of amides is 4. The molecule has 3 aromatic carbocycles. The molecular weight excluding hydrogens is 713 g/mol. The van der Waals surface area contributed by atoms with Crippen LogP contribution < -0.4 is 20.7 Å². The minimum Gasteiger partial charge on any atom is -0.496 e. The van der Waals surface area contributed by atoms with Gasteiger partial charge in [-0.25, -0.2) is 9.59 Å². The lowest BCUT2D eigenvalue weighted by atomic mass is 9.62. The highest BCUT2D eigenvalue weighted by Gasteiger charge is 2.49. The van der Waals surface area contributed by atoms with Gasteiger partial charge in [-0.1, -0.05) is 66.7 Å². The number of methoxy groups -OCH3 is 1. The van der Waals surface area contributed by atoms with Gasteiger partial charge in [0.25, 0.3) is 5.91 Å². The summed E-state index contributed by atoms with van der Waals surface area (Å²) in [6, 6.07) is 23.2. The van der Waals surface area contributed by atoms with E-state index in [0.29, 0.717) is 75.9 Å². The maximum atomic E-state index is 14.8. The number of para-hydroxylation sites is 1. The number of likely N-dealkylation sites (tertiary alicyclic amines) is 1. The number of nitrogens with zero attached hydrogens (tertiary/aromatic N) is 1. The molecule has 0 spiro atoms. The first kappa shape index (κ1) is 41.8. The van der Waals surface area contributed by atoms with Crippen LogP contribution >= 0.6 is 0 Å². The Labute approximate surface area is 330 Å². The Bertz CT molecular complexity index is 1840. The lowest BCUT2D eigenvalue weighted by Crippen LogP contribution is -2.54. The van der Waals surface area contributed by atoms with E-state index in [2.05, 4.69) is 16.0 Å². The number of hydrogen-bond donors (Lipinski definition) is 3. The maximum absolute atomic E-state index is 14.8. The van der Waals surface area contributed by atoms with Gasteiger partial charge >= 0.3 is 12.1 Å². The molecule has 2 aliphatic rings. The van der Waals surface area contributed by atoms with E-state index < -0.39 is 35.0 Å². The third kappa shape index (κ3) is 10.1. The zero-order valence-electron chi connectivity index (χ0n) is 33.2. The van der Waals surface area contributed by atoms with Crippen LogP contribution in [-0.4, -0.2) is 85.7 Å². The summed E-state index contributed by atoms with van der Waals surface area (Å²) in [5.74, 6) is -1.02. The summed E-state index contributed by atoms with van der Waals surface area (Å²) in [7, 11) is 1.54. The van der Waals surface area contributed by atoms with Gasteiger partial charge in [0.2, 0.25) is 11.8 Å². The van der Waals surface area contributed by atoms with Gasteiger partial charge in [-0.3, -0.25) is 14.4 Å². The second-order valence-corrected chi connectivity index (χ2v) is 15.4. The van der Waals surface area contributed by atoms with Crippen molar-refractivity contribution in [1.82, 2.24) is 20.9 Å². The monoisotopic (exact) mass is 768 g/mol. The van der Waals surface area contributed by atoms with Crippen LogP contribution in [0, 0.1) is 0 Å². The number of benzene rings is 3. The number of carbonyl (C=O) groups is 5. The number of unbranched alkanes of at least 4 members (excludes halogenated alkanes) is 1. The van der Waals surface area contributed by atoms with E-state index in [4.69, 9.17) is 14.2 Å². The SMILES string of the molecule is CCOC(=O)[C@@H](CCCCNC(=O)OC(C)(C)C)NC(=O)[C@@]1(c2ccccc2)CC[C@H](C(=O)N2CCC(NC(=O)c3ccccc3OC)CC2)c2ccccc21. The minimum atomic E-state index is -1.17. The number of fused-ring (bicyclic) bond motifs is 1. The van der Waals surface area contributed by atoms with Crippen molar-refractivity contribution in [2.45, 2.75) is 102 Å². The molecule has 4 amide bonds. The molecule has 0 saturated carbocycles. The zero-order valence-corrected chi connectivity index (χ0v) is 33.2. The van der Waals surface area contributed by atoms with Crippen LogP contribution in [0.4, 0.5) is 4.79 Å². The quantitative estimate of drug-likeness (QED) is 0.133. The Balaban J connectivity index is 1.31. The summed E-state index contributed by atoms with van der Waals surface area (Å²) < 4.78 is 16.1. The smallest absolute Gasteiger partial charge is 0.407 e. The van der Waals surface area contributed by atoms with Crippen LogP contribution in [0.1, 0.15) is 106 Å². The summed E-state index contributed by atoms with van der Waals surface area (Å²) in [5.41, 5.74) is 0.977. The van der Waals surface area contributed by atoms with Gasteiger partial charge in [-0.15, -0.1) is 0 Å². The largest absolute Gasteiger partial charge is 0.496 e. The van der Waals surface area contributed by atoms with Crippen molar-refractivity contribution in [3.63, 3.8) is 0 Å². The van der Waals surface area contributed by atoms with Crippen molar-refractivity contribution in [2.24, 2.45) is 0 Å². The zero-order chi connectivity index (χ0) is 40.3. The fourth-order valence-corrected chi connectivity index (χ4v) is 7.80. The second kappa shape index (κ2) is 19.0. The Morgan fingerprint density at radius 2 is 1.55 bits per heavy atom. The number of carbonyl (C=O) groups excluding carboxylic acids is 5. The van der Waals surface area contributed by atoms with E-state index in [1.807, 2.05) is 65.6 Å². The van der Waals surface area contributed by atoms with Gasteiger partial charge < -0.3 is 35.1 Å². The topological polar surface area (TPSA) is 152 Å². The number of nitrogens with one attached hydrogen (secondary N) is 3. The first-order chi connectivity index (χ1) is 26.9. The van der Waals surface area contributed by atoms with E-state index in [0.717, 1.165) is 16.7 Å². The predicted octanol–water partition coefficient (Wildman–Crippen LogP) is 6.02. The average molecular weight is 769 g/mol. The molecule has 5 rings (SSSR count). The van der Waals surface area contributed by atoms with Gasteiger partial charge in [0, 0.05) is 25.7 Å². The molecule has 12 heteroatoms. The van der Waals surface area contributed by atoms with Crippen LogP contribution in [0.15, 0.2) is 78.9 Å². The molecule has 3 N–H and O–H groups in total. The third-order valence-electron chi connectivity index (χ3n) is 10.5. The lowest BCUT2D eigenvalue weighted by molar-refractivity contribution is -0.148. The molecule has 1 fully saturated rings. The van der Waals surface area contributed by atoms with Crippen molar-refractivity contribution in [2.75, 3.05) is 33.4 Å². The van der Waals surface area contributed by atoms with Gasteiger partial charge in [-0.05, 0) is 101 Å². The highest BCUT2D eigenvalue weighted by Crippen LogP contribution is 2.48. The molecule has 1 heterocycles. The second-order valence-electron chi connectivity index (χ2n) is 15.4. The molecule has 56 heavy (non-hydrogen) atoms. The molecule has 3 atom stereocenters. The Morgan fingerprint density at radius 3 is 2.25 bits per heavy atom.